The normalized spacial score (nSPS) is 13.0. The summed E-state index contributed by atoms with van der Waals surface area (Å²) >= 11 is 0. The van der Waals surface area contributed by atoms with Crippen LogP contribution in [0.3, 0.4) is 0 Å². The lowest BCUT2D eigenvalue weighted by Crippen LogP contribution is -2.22. The maximum atomic E-state index is 12.9. The molecule has 0 aliphatic heterocycles. The van der Waals surface area contributed by atoms with Gasteiger partial charge in [0.05, 0.1) is 29.5 Å². The van der Waals surface area contributed by atoms with E-state index >= 15 is 0 Å². The van der Waals surface area contributed by atoms with E-state index in [0.717, 1.165) is 16.8 Å². The third-order valence-corrected chi connectivity index (χ3v) is 4.54. The van der Waals surface area contributed by atoms with E-state index < -0.39 is 12.9 Å². The average Bonchev–Trinajstić information content (AvgIpc) is 3.15. The molecule has 7 heteroatoms. The Bertz CT molecular complexity index is 1340. The SMILES string of the molecule is [2H]C([2H])([2H])NC(=O)c1cccc(Cn2cnc3cc(-c4conc4C)ccc3c2=O)c1. The molecule has 0 aliphatic carbocycles. The van der Waals surface area contributed by atoms with Gasteiger partial charge in [-0.15, -0.1) is 0 Å². The minimum atomic E-state index is -2.57. The van der Waals surface area contributed by atoms with Crippen LogP contribution in [0.25, 0.3) is 22.0 Å². The first-order valence-electron chi connectivity index (χ1n) is 10.0. The smallest absolute Gasteiger partial charge is 0.261 e. The monoisotopic (exact) mass is 377 g/mol. The fraction of sp³-hybridized carbons (Fsp3) is 0.143. The summed E-state index contributed by atoms with van der Waals surface area (Å²) in [6.07, 6.45) is 3.00. The molecule has 1 amide bonds. The van der Waals surface area contributed by atoms with E-state index in [-0.39, 0.29) is 17.7 Å². The Balaban J connectivity index is 1.63. The van der Waals surface area contributed by atoms with Gasteiger partial charge in [0.1, 0.15) is 6.26 Å². The zero-order chi connectivity index (χ0) is 22.2. The predicted octanol–water partition coefficient (Wildman–Crippen LogP) is 2.77. The first-order chi connectivity index (χ1) is 14.7. The summed E-state index contributed by atoms with van der Waals surface area (Å²) in [5, 5.41) is 6.28. The topological polar surface area (TPSA) is 90.0 Å². The molecule has 2 aromatic heterocycles. The number of hydrogen-bond donors (Lipinski definition) is 1. The number of aryl methyl sites for hydroxylation is 1. The summed E-state index contributed by atoms with van der Waals surface area (Å²) in [5.41, 5.74) is 3.61. The van der Waals surface area contributed by atoms with Crippen LogP contribution < -0.4 is 10.9 Å². The zero-order valence-corrected chi connectivity index (χ0v) is 15.0. The molecule has 0 unspecified atom stereocenters. The van der Waals surface area contributed by atoms with Crippen molar-refractivity contribution in [2.75, 3.05) is 6.98 Å². The summed E-state index contributed by atoms with van der Waals surface area (Å²) in [6.45, 7) is -0.555. The molecule has 4 rings (SSSR count). The molecule has 1 N–H and O–H groups in total. The highest BCUT2D eigenvalue weighted by atomic mass is 16.5. The molecule has 0 spiro atoms. The number of amides is 1. The Labute approximate surface area is 164 Å². The quantitative estimate of drug-likeness (QED) is 0.591. The van der Waals surface area contributed by atoms with Crippen molar-refractivity contribution in [1.29, 1.82) is 0 Å². The van der Waals surface area contributed by atoms with Gasteiger partial charge in [-0.05, 0) is 42.3 Å². The first-order valence-corrected chi connectivity index (χ1v) is 8.53. The second-order valence-electron chi connectivity index (χ2n) is 6.38. The summed E-state index contributed by atoms with van der Waals surface area (Å²) < 4.78 is 27.9. The van der Waals surface area contributed by atoms with Crippen LogP contribution in [-0.2, 0) is 6.54 Å². The number of carbonyl (C=O) groups excluding carboxylic acids is 1. The van der Waals surface area contributed by atoms with Gasteiger partial charge < -0.3 is 9.84 Å². The van der Waals surface area contributed by atoms with Gasteiger partial charge in [-0.2, -0.15) is 0 Å². The lowest BCUT2D eigenvalue weighted by Gasteiger charge is -2.09. The highest BCUT2D eigenvalue weighted by Gasteiger charge is 2.11. The van der Waals surface area contributed by atoms with Gasteiger partial charge in [0.25, 0.3) is 11.5 Å². The van der Waals surface area contributed by atoms with Gasteiger partial charge >= 0.3 is 0 Å². The molecule has 2 aromatic carbocycles. The molecule has 0 atom stereocenters. The van der Waals surface area contributed by atoms with Gasteiger partial charge in [0.2, 0.25) is 0 Å². The standard InChI is InChI=1S/C21H18N4O3/c1-13-18(11-28-24-13)15-6-7-17-19(9-15)23-12-25(21(17)27)10-14-4-3-5-16(8-14)20(26)22-2/h3-9,11-12H,10H2,1-2H3,(H,22,26)/i2D3. The molecule has 0 bridgehead atoms. The molecule has 0 radical (unpaired) electrons. The number of benzene rings is 2. The lowest BCUT2D eigenvalue weighted by atomic mass is 10.1. The first kappa shape index (κ1) is 14.3. The van der Waals surface area contributed by atoms with E-state index in [1.165, 1.54) is 17.0 Å². The summed E-state index contributed by atoms with van der Waals surface area (Å²) in [6, 6.07) is 11.8. The number of aromatic nitrogens is 3. The molecule has 7 nitrogen and oxygen atoms in total. The number of nitrogens with one attached hydrogen (secondary N) is 1. The summed E-state index contributed by atoms with van der Waals surface area (Å²) in [4.78, 5) is 29.4. The largest absolute Gasteiger partial charge is 0.364 e. The average molecular weight is 377 g/mol. The van der Waals surface area contributed by atoms with Gasteiger partial charge in [-0.1, -0.05) is 23.4 Å². The summed E-state index contributed by atoms with van der Waals surface area (Å²) in [7, 11) is 0. The molecule has 0 saturated heterocycles. The van der Waals surface area contributed by atoms with Gasteiger partial charge in [0.15, 0.2) is 0 Å². The third kappa shape index (κ3) is 3.18. The number of rotatable bonds is 4. The van der Waals surface area contributed by atoms with Gasteiger partial charge in [0, 0.05) is 22.2 Å². The summed E-state index contributed by atoms with van der Waals surface area (Å²) in [5.74, 6) is -0.706. The van der Waals surface area contributed by atoms with Crippen molar-refractivity contribution in [2.45, 2.75) is 13.5 Å². The molecule has 0 fully saturated rings. The van der Waals surface area contributed by atoms with Crippen molar-refractivity contribution in [3.63, 3.8) is 0 Å². The number of hydrogen-bond acceptors (Lipinski definition) is 5. The van der Waals surface area contributed by atoms with Crippen LogP contribution in [0.1, 0.15) is 25.7 Å². The van der Waals surface area contributed by atoms with Crippen molar-refractivity contribution in [3.05, 3.63) is 82.2 Å². The zero-order valence-electron chi connectivity index (χ0n) is 18.0. The van der Waals surface area contributed by atoms with E-state index in [1.807, 2.05) is 18.3 Å². The predicted molar refractivity (Wildman–Crippen MR) is 105 cm³/mol. The highest BCUT2D eigenvalue weighted by molar-refractivity contribution is 5.94. The van der Waals surface area contributed by atoms with Crippen molar-refractivity contribution in [2.24, 2.45) is 0 Å². The van der Waals surface area contributed by atoms with Gasteiger partial charge in [-0.25, -0.2) is 4.98 Å². The van der Waals surface area contributed by atoms with Crippen molar-refractivity contribution in [3.8, 4) is 11.1 Å². The molecule has 140 valence electrons. The van der Waals surface area contributed by atoms with Crippen LogP contribution in [0.5, 0.6) is 0 Å². The minimum absolute atomic E-state index is 0.184. The van der Waals surface area contributed by atoms with Crippen LogP contribution in [0, 0.1) is 6.92 Å². The number of carbonyl (C=O) groups is 1. The van der Waals surface area contributed by atoms with E-state index in [2.05, 4.69) is 10.1 Å². The van der Waals surface area contributed by atoms with Crippen LogP contribution in [0.2, 0.25) is 0 Å². The van der Waals surface area contributed by atoms with E-state index in [1.54, 1.807) is 36.6 Å². The fourth-order valence-electron chi connectivity index (χ4n) is 3.09. The second-order valence-corrected chi connectivity index (χ2v) is 6.38. The van der Waals surface area contributed by atoms with E-state index in [0.29, 0.717) is 16.5 Å². The maximum Gasteiger partial charge on any atom is 0.261 e. The van der Waals surface area contributed by atoms with Crippen LogP contribution in [0.4, 0.5) is 0 Å². The number of nitrogens with zero attached hydrogens (tertiary/aromatic N) is 3. The van der Waals surface area contributed by atoms with Crippen LogP contribution in [0.15, 0.2) is 64.4 Å². The molecular weight excluding hydrogens is 356 g/mol. The second kappa shape index (κ2) is 7.11. The van der Waals surface area contributed by atoms with E-state index in [4.69, 9.17) is 8.64 Å². The Morgan fingerprint density at radius 2 is 2.18 bits per heavy atom. The van der Waals surface area contributed by atoms with Crippen LogP contribution in [-0.4, -0.2) is 27.6 Å². The molecule has 4 aromatic rings. The molecule has 2 heterocycles. The fourth-order valence-corrected chi connectivity index (χ4v) is 3.09. The van der Waals surface area contributed by atoms with Crippen molar-refractivity contribution < 1.29 is 13.4 Å². The third-order valence-electron chi connectivity index (χ3n) is 4.54. The highest BCUT2D eigenvalue weighted by Crippen LogP contribution is 2.24. The number of fused-ring (bicyclic) bond motifs is 1. The Hall–Kier alpha value is -3.74. The van der Waals surface area contributed by atoms with Crippen molar-refractivity contribution in [1.82, 2.24) is 20.0 Å². The maximum absolute atomic E-state index is 12.9. The molecule has 28 heavy (non-hydrogen) atoms. The van der Waals surface area contributed by atoms with Crippen LogP contribution >= 0.6 is 0 Å². The Morgan fingerprint density at radius 1 is 1.29 bits per heavy atom. The van der Waals surface area contributed by atoms with Gasteiger partial charge in [-0.3, -0.25) is 14.2 Å². The van der Waals surface area contributed by atoms with Crippen molar-refractivity contribution >= 4 is 16.8 Å². The van der Waals surface area contributed by atoms with E-state index in [9.17, 15) is 9.59 Å². The minimum Gasteiger partial charge on any atom is -0.364 e. The lowest BCUT2D eigenvalue weighted by molar-refractivity contribution is 0.0963. The Kier molecular flexibility index (Phi) is 3.64. The Morgan fingerprint density at radius 3 is 2.96 bits per heavy atom. The molecular formula is C21H18N4O3. The molecule has 0 aliphatic rings. The molecule has 0 saturated carbocycles.